The molecule has 0 aliphatic heterocycles. The molecule has 1 aromatic heterocycles. The zero-order valence-corrected chi connectivity index (χ0v) is 14.0. The second-order valence-electron chi connectivity index (χ2n) is 5.48. The molecule has 6 heteroatoms. The van der Waals surface area contributed by atoms with Crippen LogP contribution in [-0.4, -0.2) is 34.8 Å². The molecule has 5 nitrogen and oxygen atoms in total. The van der Waals surface area contributed by atoms with E-state index in [0.29, 0.717) is 17.3 Å². The zero-order valence-electron chi connectivity index (χ0n) is 13.2. The molecule has 126 valence electrons. The van der Waals surface area contributed by atoms with Gasteiger partial charge in [-0.1, -0.05) is 41.9 Å². The number of fused-ring (bicyclic) bond motifs is 1. The van der Waals surface area contributed by atoms with Crippen LogP contribution in [0.4, 0.5) is 0 Å². The number of aromatic nitrogens is 2. The van der Waals surface area contributed by atoms with Crippen LogP contribution in [0.3, 0.4) is 0 Å². The van der Waals surface area contributed by atoms with Gasteiger partial charge in [-0.2, -0.15) is 0 Å². The molecule has 0 bridgehead atoms. The van der Waals surface area contributed by atoms with Crippen molar-refractivity contribution < 1.29 is 9.84 Å². The van der Waals surface area contributed by atoms with E-state index in [-0.39, 0.29) is 12.7 Å². The van der Waals surface area contributed by atoms with Gasteiger partial charge in [-0.25, -0.2) is 4.98 Å². The van der Waals surface area contributed by atoms with Crippen molar-refractivity contribution in [2.45, 2.75) is 12.5 Å². The summed E-state index contributed by atoms with van der Waals surface area (Å²) in [4.78, 5) is 7.39. The summed E-state index contributed by atoms with van der Waals surface area (Å²) in [6.07, 6.45) is 2.27. The maximum Gasteiger partial charge on any atom is 0.149 e. The van der Waals surface area contributed by atoms with Crippen LogP contribution in [0.5, 0.6) is 5.75 Å². The summed E-state index contributed by atoms with van der Waals surface area (Å²) >= 11 is 6.19. The molecule has 1 atom stereocenters. The molecule has 1 heterocycles. The van der Waals surface area contributed by atoms with Gasteiger partial charge < -0.3 is 20.1 Å². The summed E-state index contributed by atoms with van der Waals surface area (Å²) in [5.74, 6) is 0.662. The van der Waals surface area contributed by atoms with E-state index in [4.69, 9.17) is 21.4 Å². The van der Waals surface area contributed by atoms with Gasteiger partial charge in [0.05, 0.1) is 18.5 Å². The number of nitrogens with one attached hydrogen (secondary N) is 2. The number of ether oxygens (including phenoxy) is 1. The molecule has 3 aromatic rings. The molecule has 0 spiro atoms. The SMILES string of the molecule is OCCNCC[C@@H](Oc1cc(Cl)cc2[nH]cnc12)c1ccccc1. The van der Waals surface area contributed by atoms with Gasteiger partial charge in [-0.15, -0.1) is 0 Å². The molecule has 0 unspecified atom stereocenters. The van der Waals surface area contributed by atoms with Gasteiger partial charge in [-0.05, 0) is 18.2 Å². The first-order valence-electron chi connectivity index (χ1n) is 7.93. The van der Waals surface area contributed by atoms with Gasteiger partial charge in [-0.3, -0.25) is 0 Å². The summed E-state index contributed by atoms with van der Waals surface area (Å²) in [5.41, 5.74) is 2.71. The van der Waals surface area contributed by atoms with Gasteiger partial charge in [0.25, 0.3) is 0 Å². The number of aliphatic hydroxyl groups excluding tert-OH is 1. The van der Waals surface area contributed by atoms with Crippen LogP contribution in [0.25, 0.3) is 11.0 Å². The molecular formula is C18H20ClN3O2. The molecule has 0 radical (unpaired) electrons. The minimum Gasteiger partial charge on any atom is -0.483 e. The second kappa shape index (κ2) is 8.15. The quantitative estimate of drug-likeness (QED) is 0.548. The van der Waals surface area contributed by atoms with E-state index in [9.17, 15) is 0 Å². The summed E-state index contributed by atoms with van der Waals surface area (Å²) < 4.78 is 6.26. The summed E-state index contributed by atoms with van der Waals surface area (Å²) in [6, 6.07) is 13.7. The fraction of sp³-hybridized carbons (Fsp3) is 0.278. The Labute approximate surface area is 145 Å². The molecule has 0 amide bonds. The first-order valence-corrected chi connectivity index (χ1v) is 8.31. The van der Waals surface area contributed by atoms with Crippen LogP contribution < -0.4 is 10.1 Å². The first-order chi connectivity index (χ1) is 11.8. The predicted octanol–water partition coefficient (Wildman–Crippen LogP) is 3.31. The van der Waals surface area contributed by atoms with Crippen molar-refractivity contribution in [1.29, 1.82) is 0 Å². The standard InChI is InChI=1S/C18H20ClN3O2/c19-14-10-15-18(22-12-21-15)17(11-14)24-16(6-7-20-8-9-23)13-4-2-1-3-5-13/h1-5,10-12,16,20,23H,6-9H2,(H,21,22)/t16-/m1/s1. The molecule has 3 N–H and O–H groups in total. The third kappa shape index (κ3) is 4.06. The van der Waals surface area contributed by atoms with Crippen LogP contribution >= 0.6 is 11.6 Å². The predicted molar refractivity (Wildman–Crippen MR) is 95.5 cm³/mol. The largest absolute Gasteiger partial charge is 0.483 e. The van der Waals surface area contributed by atoms with E-state index < -0.39 is 0 Å². The van der Waals surface area contributed by atoms with Crippen molar-refractivity contribution >= 4 is 22.6 Å². The Kier molecular flexibility index (Phi) is 5.69. The fourth-order valence-corrected chi connectivity index (χ4v) is 2.83. The van der Waals surface area contributed by atoms with Gasteiger partial charge in [0.2, 0.25) is 0 Å². The summed E-state index contributed by atoms with van der Waals surface area (Å²) in [6.45, 7) is 1.44. The molecule has 0 fully saturated rings. The van der Waals surface area contributed by atoms with Crippen LogP contribution in [0.15, 0.2) is 48.8 Å². The Morgan fingerprint density at radius 3 is 2.83 bits per heavy atom. The number of aliphatic hydroxyl groups is 1. The molecule has 3 rings (SSSR count). The highest BCUT2D eigenvalue weighted by Gasteiger charge is 2.16. The van der Waals surface area contributed by atoms with Crippen LogP contribution in [0, 0.1) is 0 Å². The third-order valence-corrected chi connectivity index (χ3v) is 3.98. The van der Waals surface area contributed by atoms with Gasteiger partial charge in [0.15, 0.2) is 0 Å². The summed E-state index contributed by atoms with van der Waals surface area (Å²) in [5, 5.41) is 12.7. The lowest BCUT2D eigenvalue weighted by Gasteiger charge is -2.20. The molecule has 0 aliphatic carbocycles. The Morgan fingerprint density at radius 2 is 2.04 bits per heavy atom. The minimum atomic E-state index is -0.129. The third-order valence-electron chi connectivity index (χ3n) is 3.77. The molecular weight excluding hydrogens is 326 g/mol. The van der Waals surface area contributed by atoms with Gasteiger partial charge in [0, 0.05) is 24.1 Å². The van der Waals surface area contributed by atoms with Crippen LogP contribution in [-0.2, 0) is 0 Å². The Morgan fingerprint density at radius 1 is 1.21 bits per heavy atom. The van der Waals surface area contributed by atoms with Crippen molar-refractivity contribution in [3.63, 3.8) is 0 Å². The number of aromatic amines is 1. The number of hydrogen-bond acceptors (Lipinski definition) is 4. The molecule has 0 aliphatic rings. The number of hydrogen-bond donors (Lipinski definition) is 3. The number of benzene rings is 2. The number of nitrogens with zero attached hydrogens (tertiary/aromatic N) is 1. The number of imidazole rings is 1. The Bertz CT molecular complexity index is 776. The maximum absolute atomic E-state index is 8.89. The Balaban J connectivity index is 1.83. The highest BCUT2D eigenvalue weighted by Crippen LogP contribution is 2.32. The average molecular weight is 346 g/mol. The van der Waals surface area contributed by atoms with Gasteiger partial charge >= 0.3 is 0 Å². The van der Waals surface area contributed by atoms with Gasteiger partial charge in [0.1, 0.15) is 17.4 Å². The monoisotopic (exact) mass is 345 g/mol. The number of rotatable bonds is 8. The maximum atomic E-state index is 8.89. The van der Waals surface area contributed by atoms with E-state index in [1.54, 1.807) is 12.4 Å². The first kappa shape index (κ1) is 16.8. The zero-order chi connectivity index (χ0) is 16.8. The highest BCUT2D eigenvalue weighted by molar-refractivity contribution is 6.31. The molecule has 0 saturated heterocycles. The lowest BCUT2D eigenvalue weighted by molar-refractivity contribution is 0.194. The summed E-state index contributed by atoms with van der Waals surface area (Å²) in [7, 11) is 0. The van der Waals surface area contributed by atoms with Crippen molar-refractivity contribution in [2.75, 3.05) is 19.7 Å². The molecule has 24 heavy (non-hydrogen) atoms. The smallest absolute Gasteiger partial charge is 0.149 e. The average Bonchev–Trinajstić information content (AvgIpc) is 3.06. The lowest BCUT2D eigenvalue weighted by Crippen LogP contribution is -2.22. The normalized spacial score (nSPS) is 12.4. The van der Waals surface area contributed by atoms with E-state index in [2.05, 4.69) is 15.3 Å². The number of halogens is 1. The molecule has 2 aromatic carbocycles. The van der Waals surface area contributed by atoms with Crippen molar-refractivity contribution in [3.8, 4) is 5.75 Å². The van der Waals surface area contributed by atoms with E-state index in [0.717, 1.165) is 29.6 Å². The Hall–Kier alpha value is -2.08. The minimum absolute atomic E-state index is 0.124. The van der Waals surface area contributed by atoms with E-state index in [1.807, 2.05) is 36.4 Å². The van der Waals surface area contributed by atoms with Crippen molar-refractivity contribution in [3.05, 3.63) is 59.4 Å². The molecule has 0 saturated carbocycles. The highest BCUT2D eigenvalue weighted by atomic mass is 35.5. The lowest BCUT2D eigenvalue weighted by atomic mass is 10.1. The van der Waals surface area contributed by atoms with E-state index in [1.165, 1.54) is 0 Å². The van der Waals surface area contributed by atoms with Crippen LogP contribution in [0.2, 0.25) is 5.02 Å². The van der Waals surface area contributed by atoms with Crippen LogP contribution in [0.1, 0.15) is 18.1 Å². The topological polar surface area (TPSA) is 70.2 Å². The van der Waals surface area contributed by atoms with E-state index >= 15 is 0 Å². The fourth-order valence-electron chi connectivity index (χ4n) is 2.63. The number of H-pyrrole nitrogens is 1. The second-order valence-corrected chi connectivity index (χ2v) is 5.92. The van der Waals surface area contributed by atoms with Crippen molar-refractivity contribution in [2.24, 2.45) is 0 Å². The van der Waals surface area contributed by atoms with Crippen molar-refractivity contribution in [1.82, 2.24) is 15.3 Å².